The van der Waals surface area contributed by atoms with Gasteiger partial charge in [0.25, 0.3) is 0 Å². The Bertz CT molecular complexity index is 634. The topological polar surface area (TPSA) is 50.7 Å². The van der Waals surface area contributed by atoms with Crippen LogP contribution in [0, 0.1) is 0 Å². The van der Waals surface area contributed by atoms with E-state index in [1.807, 2.05) is 36.4 Å². The van der Waals surface area contributed by atoms with Crippen LogP contribution in [0.4, 0.5) is 0 Å². The van der Waals surface area contributed by atoms with Crippen molar-refractivity contribution in [3.8, 4) is 11.5 Å². The number of nitrogens with one attached hydrogen (secondary N) is 1. The van der Waals surface area contributed by atoms with Gasteiger partial charge in [-0.1, -0.05) is 30.3 Å². The first-order chi connectivity index (χ1) is 10.7. The number of aliphatic hydroxyl groups is 1. The van der Waals surface area contributed by atoms with Crippen molar-refractivity contribution in [3.05, 3.63) is 59.2 Å². The van der Waals surface area contributed by atoms with Crippen molar-refractivity contribution in [3.63, 3.8) is 0 Å². The van der Waals surface area contributed by atoms with Crippen LogP contribution in [0.25, 0.3) is 0 Å². The van der Waals surface area contributed by atoms with Gasteiger partial charge < -0.3 is 19.9 Å². The summed E-state index contributed by atoms with van der Waals surface area (Å²) in [6.45, 7) is 0.586. The molecule has 2 N–H and O–H groups in total. The summed E-state index contributed by atoms with van der Waals surface area (Å²) in [6.07, 6.45) is 0.353. The van der Waals surface area contributed by atoms with Crippen LogP contribution in [0.3, 0.4) is 0 Å². The molecule has 0 aliphatic heterocycles. The Balaban J connectivity index is 1.75. The van der Waals surface area contributed by atoms with Crippen molar-refractivity contribution >= 4 is 0 Å². The molecule has 2 aromatic rings. The number of hydrogen-bond acceptors (Lipinski definition) is 4. The van der Waals surface area contributed by atoms with Gasteiger partial charge in [0.1, 0.15) is 11.5 Å². The number of aliphatic hydroxyl groups excluding tert-OH is 1. The predicted octanol–water partition coefficient (Wildman–Crippen LogP) is 2.45. The summed E-state index contributed by atoms with van der Waals surface area (Å²) in [4.78, 5) is 0. The smallest absolute Gasteiger partial charge is 0.127 e. The molecule has 0 amide bonds. The highest BCUT2D eigenvalue weighted by Crippen LogP contribution is 2.33. The molecule has 0 fully saturated rings. The molecule has 0 bridgehead atoms. The van der Waals surface area contributed by atoms with Crippen molar-refractivity contribution in [1.29, 1.82) is 0 Å². The lowest BCUT2D eigenvalue weighted by Crippen LogP contribution is -2.32. The molecular weight excluding hydrogens is 278 g/mol. The minimum absolute atomic E-state index is 0.00650. The molecule has 2 aromatic carbocycles. The third-order valence-electron chi connectivity index (χ3n) is 4.27. The summed E-state index contributed by atoms with van der Waals surface area (Å²) in [5.41, 5.74) is 3.20. The van der Waals surface area contributed by atoms with Gasteiger partial charge in [0, 0.05) is 18.2 Å². The molecule has 0 aromatic heterocycles. The standard InChI is InChI=1S/C18H21NO3/c1-21-16-8-5-9-17(22-2)14(16)11-19-15-10-12-6-3-4-7-13(12)18(15)20/h3-9,15,18-20H,10-11H2,1-2H3. The van der Waals surface area contributed by atoms with E-state index in [0.717, 1.165) is 29.0 Å². The summed E-state index contributed by atoms with van der Waals surface area (Å²) < 4.78 is 10.8. The first kappa shape index (κ1) is 14.9. The Morgan fingerprint density at radius 1 is 1.05 bits per heavy atom. The number of fused-ring (bicyclic) bond motifs is 1. The molecule has 1 aliphatic rings. The maximum Gasteiger partial charge on any atom is 0.127 e. The molecule has 0 heterocycles. The fraction of sp³-hybridized carbons (Fsp3) is 0.333. The first-order valence-corrected chi connectivity index (χ1v) is 7.43. The maximum absolute atomic E-state index is 10.4. The van der Waals surface area contributed by atoms with Crippen LogP contribution in [-0.4, -0.2) is 25.4 Å². The summed E-state index contributed by atoms with van der Waals surface area (Å²) in [6, 6.07) is 13.8. The van der Waals surface area contributed by atoms with Gasteiger partial charge in [-0.3, -0.25) is 0 Å². The first-order valence-electron chi connectivity index (χ1n) is 7.43. The highest BCUT2D eigenvalue weighted by Gasteiger charge is 2.30. The summed E-state index contributed by atoms with van der Waals surface area (Å²) in [5.74, 6) is 1.58. The Kier molecular flexibility index (Phi) is 4.32. The van der Waals surface area contributed by atoms with E-state index >= 15 is 0 Å². The molecule has 3 rings (SSSR count). The van der Waals surface area contributed by atoms with E-state index in [9.17, 15) is 5.11 Å². The van der Waals surface area contributed by atoms with Crippen LogP contribution >= 0.6 is 0 Å². The third-order valence-corrected chi connectivity index (χ3v) is 4.27. The van der Waals surface area contributed by atoms with Gasteiger partial charge in [-0.2, -0.15) is 0 Å². The molecular formula is C18H21NO3. The number of methoxy groups -OCH3 is 2. The van der Waals surface area contributed by atoms with Crippen LogP contribution in [0.15, 0.2) is 42.5 Å². The zero-order valence-electron chi connectivity index (χ0n) is 12.9. The van der Waals surface area contributed by atoms with E-state index in [0.29, 0.717) is 6.54 Å². The van der Waals surface area contributed by atoms with Crippen molar-refractivity contribution < 1.29 is 14.6 Å². The van der Waals surface area contributed by atoms with Crippen molar-refractivity contribution in [2.75, 3.05) is 14.2 Å². The zero-order valence-corrected chi connectivity index (χ0v) is 12.9. The van der Waals surface area contributed by atoms with Crippen molar-refractivity contribution in [2.45, 2.75) is 25.1 Å². The van der Waals surface area contributed by atoms with Gasteiger partial charge in [-0.25, -0.2) is 0 Å². The molecule has 0 radical (unpaired) electrons. The largest absolute Gasteiger partial charge is 0.496 e. The van der Waals surface area contributed by atoms with E-state index in [2.05, 4.69) is 11.4 Å². The predicted molar refractivity (Wildman–Crippen MR) is 85.3 cm³/mol. The normalized spacial score (nSPS) is 19.8. The monoisotopic (exact) mass is 299 g/mol. The van der Waals surface area contributed by atoms with E-state index in [-0.39, 0.29) is 6.04 Å². The highest BCUT2D eigenvalue weighted by atomic mass is 16.5. The maximum atomic E-state index is 10.4. The van der Waals surface area contributed by atoms with Crippen LogP contribution < -0.4 is 14.8 Å². The SMILES string of the molecule is COc1cccc(OC)c1CNC1Cc2ccccc2C1O. The van der Waals surface area contributed by atoms with Gasteiger partial charge in [-0.15, -0.1) is 0 Å². The second-order valence-corrected chi connectivity index (χ2v) is 5.48. The molecule has 1 aliphatic carbocycles. The van der Waals surface area contributed by atoms with Gasteiger partial charge >= 0.3 is 0 Å². The van der Waals surface area contributed by atoms with Crippen LogP contribution in [0.5, 0.6) is 11.5 Å². The lowest BCUT2D eigenvalue weighted by atomic mass is 10.1. The van der Waals surface area contributed by atoms with Gasteiger partial charge in [-0.05, 0) is 29.7 Å². The molecule has 0 spiro atoms. The minimum Gasteiger partial charge on any atom is -0.496 e. The van der Waals surface area contributed by atoms with Gasteiger partial charge in [0.05, 0.1) is 20.3 Å². The minimum atomic E-state index is -0.475. The molecule has 2 atom stereocenters. The van der Waals surface area contributed by atoms with Gasteiger partial charge in [0.2, 0.25) is 0 Å². The number of hydrogen-bond donors (Lipinski definition) is 2. The Morgan fingerprint density at radius 3 is 2.36 bits per heavy atom. The molecule has 116 valence electrons. The van der Waals surface area contributed by atoms with E-state index in [4.69, 9.17) is 9.47 Å². The van der Waals surface area contributed by atoms with Crippen LogP contribution in [0.2, 0.25) is 0 Å². The number of ether oxygens (including phenoxy) is 2. The molecule has 0 saturated heterocycles. The molecule has 22 heavy (non-hydrogen) atoms. The fourth-order valence-electron chi connectivity index (χ4n) is 3.09. The fourth-order valence-corrected chi connectivity index (χ4v) is 3.09. The second-order valence-electron chi connectivity index (χ2n) is 5.48. The Hall–Kier alpha value is -2.04. The Morgan fingerprint density at radius 2 is 1.73 bits per heavy atom. The molecule has 2 unspecified atom stereocenters. The van der Waals surface area contributed by atoms with Crippen molar-refractivity contribution in [2.24, 2.45) is 0 Å². The molecule has 0 saturated carbocycles. The lowest BCUT2D eigenvalue weighted by molar-refractivity contribution is 0.141. The molecule has 4 heteroatoms. The number of benzene rings is 2. The quantitative estimate of drug-likeness (QED) is 0.890. The summed E-state index contributed by atoms with van der Waals surface area (Å²) >= 11 is 0. The van der Waals surface area contributed by atoms with E-state index < -0.39 is 6.10 Å². The lowest BCUT2D eigenvalue weighted by Gasteiger charge is -2.19. The van der Waals surface area contributed by atoms with E-state index in [1.165, 1.54) is 5.56 Å². The second kappa shape index (κ2) is 6.38. The van der Waals surface area contributed by atoms with Crippen LogP contribution in [-0.2, 0) is 13.0 Å². The third kappa shape index (κ3) is 2.67. The van der Waals surface area contributed by atoms with E-state index in [1.54, 1.807) is 14.2 Å². The highest BCUT2D eigenvalue weighted by molar-refractivity contribution is 5.45. The average Bonchev–Trinajstić information content (AvgIpc) is 2.89. The van der Waals surface area contributed by atoms with Crippen LogP contribution in [0.1, 0.15) is 22.8 Å². The summed E-state index contributed by atoms with van der Waals surface area (Å²) in [7, 11) is 3.30. The summed E-state index contributed by atoms with van der Waals surface area (Å²) in [5, 5.41) is 13.9. The van der Waals surface area contributed by atoms with Gasteiger partial charge in [0.15, 0.2) is 0 Å². The number of rotatable bonds is 5. The zero-order chi connectivity index (χ0) is 15.5. The average molecular weight is 299 g/mol. The van der Waals surface area contributed by atoms with Crippen molar-refractivity contribution in [1.82, 2.24) is 5.32 Å². The Labute approximate surface area is 130 Å². The molecule has 4 nitrogen and oxygen atoms in total.